The summed E-state index contributed by atoms with van der Waals surface area (Å²) in [6.07, 6.45) is 0. The third-order valence-electron chi connectivity index (χ3n) is 6.72. The number of ether oxygens (including phenoxy) is 2. The van der Waals surface area contributed by atoms with Crippen LogP contribution in [0.2, 0.25) is 0 Å². The molecule has 1 aromatic heterocycles. The molecule has 1 saturated heterocycles. The molecule has 0 unspecified atom stereocenters. The van der Waals surface area contributed by atoms with Gasteiger partial charge in [0.2, 0.25) is 0 Å². The molecule has 0 spiro atoms. The molecule has 4 aromatic rings. The van der Waals surface area contributed by atoms with Gasteiger partial charge in [-0.15, -0.1) is 5.10 Å². The van der Waals surface area contributed by atoms with Gasteiger partial charge in [-0.05, 0) is 39.2 Å². The van der Waals surface area contributed by atoms with Crippen molar-refractivity contribution < 1.29 is 9.47 Å². The Morgan fingerprint density at radius 1 is 0.750 bits per heavy atom. The first-order chi connectivity index (χ1) is 17.7. The molecule has 8 heteroatoms. The van der Waals surface area contributed by atoms with Crippen molar-refractivity contribution in [3.05, 3.63) is 101 Å². The average molecular weight is 485 g/mol. The summed E-state index contributed by atoms with van der Waals surface area (Å²) in [6, 6.07) is 26.9. The first kappa shape index (κ1) is 24.0. The Balaban J connectivity index is 1.43. The molecule has 2 heterocycles. The van der Waals surface area contributed by atoms with Crippen molar-refractivity contribution in [1.82, 2.24) is 30.0 Å². The summed E-state index contributed by atoms with van der Waals surface area (Å²) < 4.78 is 13.0. The Morgan fingerprint density at radius 2 is 1.39 bits per heavy atom. The van der Waals surface area contributed by atoms with E-state index in [-0.39, 0.29) is 6.04 Å². The average Bonchev–Trinajstić information content (AvgIpc) is 3.38. The largest absolute Gasteiger partial charge is 0.493 e. The van der Waals surface area contributed by atoms with Gasteiger partial charge in [-0.2, -0.15) is 0 Å². The van der Waals surface area contributed by atoms with Gasteiger partial charge in [0, 0.05) is 32.7 Å². The van der Waals surface area contributed by atoms with Gasteiger partial charge in [0.15, 0.2) is 17.3 Å². The number of nitrogens with zero attached hydrogens (tertiary/aromatic N) is 6. The van der Waals surface area contributed by atoms with Crippen LogP contribution < -0.4 is 9.47 Å². The van der Waals surface area contributed by atoms with Crippen LogP contribution in [0.5, 0.6) is 11.5 Å². The van der Waals surface area contributed by atoms with Crippen LogP contribution in [0.15, 0.2) is 78.9 Å². The summed E-state index contributed by atoms with van der Waals surface area (Å²) in [7, 11) is 3.32. The maximum Gasteiger partial charge on any atom is 0.173 e. The van der Waals surface area contributed by atoms with Crippen molar-refractivity contribution in [3.63, 3.8) is 0 Å². The minimum absolute atomic E-state index is 0.109. The van der Waals surface area contributed by atoms with Crippen LogP contribution in [0.25, 0.3) is 0 Å². The Labute approximate surface area is 212 Å². The van der Waals surface area contributed by atoms with E-state index >= 15 is 0 Å². The molecule has 8 nitrogen and oxygen atoms in total. The molecule has 186 valence electrons. The van der Waals surface area contributed by atoms with Crippen LogP contribution >= 0.6 is 0 Å². The van der Waals surface area contributed by atoms with Crippen molar-refractivity contribution in [3.8, 4) is 11.5 Å². The van der Waals surface area contributed by atoms with Gasteiger partial charge in [-0.3, -0.25) is 9.80 Å². The molecular weight excluding hydrogens is 452 g/mol. The Kier molecular flexibility index (Phi) is 7.54. The van der Waals surface area contributed by atoms with Crippen LogP contribution in [0.4, 0.5) is 0 Å². The van der Waals surface area contributed by atoms with E-state index in [0.29, 0.717) is 18.0 Å². The van der Waals surface area contributed by atoms with Crippen LogP contribution in [-0.4, -0.2) is 70.4 Å². The molecule has 0 saturated carbocycles. The quantitative estimate of drug-likeness (QED) is 0.359. The predicted octanol–water partition coefficient (Wildman–Crippen LogP) is 3.65. The number of hydrogen-bond donors (Lipinski definition) is 0. The predicted molar refractivity (Wildman–Crippen MR) is 138 cm³/mol. The minimum atomic E-state index is -0.109. The number of benzene rings is 3. The highest BCUT2D eigenvalue weighted by Gasteiger charge is 2.31. The highest BCUT2D eigenvalue weighted by atomic mass is 16.5. The fourth-order valence-corrected chi connectivity index (χ4v) is 4.84. The first-order valence-corrected chi connectivity index (χ1v) is 12.3. The summed E-state index contributed by atoms with van der Waals surface area (Å²) in [6.45, 7) is 5.33. The number of rotatable bonds is 9. The smallest absolute Gasteiger partial charge is 0.173 e. The second-order valence-corrected chi connectivity index (χ2v) is 9.00. The Bertz CT molecular complexity index is 1240. The zero-order chi connectivity index (χ0) is 24.7. The van der Waals surface area contributed by atoms with Gasteiger partial charge in [0.05, 0.1) is 26.8 Å². The lowest BCUT2D eigenvalue weighted by Crippen LogP contribution is -2.48. The molecule has 3 aromatic carbocycles. The van der Waals surface area contributed by atoms with Gasteiger partial charge >= 0.3 is 0 Å². The van der Waals surface area contributed by atoms with Crippen molar-refractivity contribution in [2.75, 3.05) is 40.4 Å². The van der Waals surface area contributed by atoms with Gasteiger partial charge in [-0.1, -0.05) is 66.7 Å². The number of aromatic nitrogens is 4. The van der Waals surface area contributed by atoms with Crippen molar-refractivity contribution in [2.24, 2.45) is 0 Å². The van der Waals surface area contributed by atoms with E-state index < -0.39 is 0 Å². The van der Waals surface area contributed by atoms with E-state index in [9.17, 15) is 0 Å². The molecule has 1 fully saturated rings. The molecule has 0 amide bonds. The standard InChI is InChI=1S/C28H32N6O2/c1-35-25-14-13-24(19-26(25)36-2)27(28-29-30-31-34(28)21-23-11-7-4-8-12-23)33-17-15-32(16-18-33)20-22-9-5-3-6-10-22/h3-14,19,27H,15-18,20-21H2,1-2H3/t27-/m1/s1. The normalized spacial score (nSPS) is 15.5. The zero-order valence-electron chi connectivity index (χ0n) is 20.8. The molecule has 0 radical (unpaired) electrons. The lowest BCUT2D eigenvalue weighted by molar-refractivity contribution is 0.100. The van der Waals surface area contributed by atoms with Gasteiger partial charge < -0.3 is 9.47 Å². The highest BCUT2D eigenvalue weighted by molar-refractivity contribution is 5.45. The summed E-state index contributed by atoms with van der Waals surface area (Å²) in [5, 5.41) is 13.0. The van der Waals surface area contributed by atoms with E-state index in [4.69, 9.17) is 9.47 Å². The molecule has 0 bridgehead atoms. The fourth-order valence-electron chi connectivity index (χ4n) is 4.84. The zero-order valence-corrected chi connectivity index (χ0v) is 20.8. The SMILES string of the molecule is COc1ccc([C@H](c2nnnn2Cc2ccccc2)N2CCN(Cc3ccccc3)CC2)cc1OC. The van der Waals surface area contributed by atoms with E-state index in [0.717, 1.165) is 49.7 Å². The summed E-state index contributed by atoms with van der Waals surface area (Å²) >= 11 is 0. The maximum absolute atomic E-state index is 5.63. The second-order valence-electron chi connectivity index (χ2n) is 9.00. The molecule has 5 rings (SSSR count). The van der Waals surface area contributed by atoms with Crippen molar-refractivity contribution in [2.45, 2.75) is 19.1 Å². The molecule has 0 N–H and O–H groups in total. The van der Waals surface area contributed by atoms with Gasteiger partial charge in [0.25, 0.3) is 0 Å². The topological polar surface area (TPSA) is 68.5 Å². The van der Waals surface area contributed by atoms with E-state index in [1.165, 1.54) is 5.56 Å². The summed E-state index contributed by atoms with van der Waals surface area (Å²) in [5.41, 5.74) is 3.58. The number of tetrazole rings is 1. The third-order valence-corrected chi connectivity index (χ3v) is 6.72. The van der Waals surface area contributed by atoms with E-state index in [1.54, 1.807) is 14.2 Å². The highest BCUT2D eigenvalue weighted by Crippen LogP contribution is 2.35. The number of hydrogen-bond acceptors (Lipinski definition) is 7. The summed E-state index contributed by atoms with van der Waals surface area (Å²) in [5.74, 6) is 2.23. The number of piperazine rings is 1. The van der Waals surface area contributed by atoms with Crippen molar-refractivity contribution in [1.29, 1.82) is 0 Å². The van der Waals surface area contributed by atoms with Crippen molar-refractivity contribution >= 4 is 0 Å². The van der Waals surface area contributed by atoms with E-state index in [2.05, 4.69) is 73.9 Å². The Morgan fingerprint density at radius 3 is 2.03 bits per heavy atom. The van der Waals surface area contributed by atoms with Gasteiger partial charge in [0.1, 0.15) is 0 Å². The second kappa shape index (κ2) is 11.3. The van der Waals surface area contributed by atoms with Gasteiger partial charge in [-0.25, -0.2) is 4.68 Å². The fraction of sp³-hybridized carbons (Fsp3) is 0.321. The molecule has 0 aliphatic carbocycles. The van der Waals surface area contributed by atoms with Crippen LogP contribution in [0.1, 0.15) is 28.6 Å². The molecule has 36 heavy (non-hydrogen) atoms. The summed E-state index contributed by atoms with van der Waals surface area (Å²) in [4.78, 5) is 4.97. The first-order valence-electron chi connectivity index (χ1n) is 12.3. The monoisotopic (exact) mass is 484 g/mol. The lowest BCUT2D eigenvalue weighted by atomic mass is 10.0. The minimum Gasteiger partial charge on any atom is -0.493 e. The van der Waals surface area contributed by atoms with Crippen LogP contribution in [0, 0.1) is 0 Å². The molecule has 1 aliphatic rings. The van der Waals surface area contributed by atoms with E-state index in [1.807, 2.05) is 35.0 Å². The molecule has 1 aliphatic heterocycles. The molecular formula is C28H32N6O2. The third kappa shape index (κ3) is 5.40. The Hall–Kier alpha value is -3.75. The number of methoxy groups -OCH3 is 2. The maximum atomic E-state index is 5.63. The molecule has 1 atom stereocenters. The van der Waals surface area contributed by atoms with Crippen LogP contribution in [0.3, 0.4) is 0 Å². The lowest BCUT2D eigenvalue weighted by Gasteiger charge is -2.39. The van der Waals surface area contributed by atoms with Crippen LogP contribution in [-0.2, 0) is 13.1 Å².